The molecule has 4 N–H and O–H groups in total. The first kappa shape index (κ1) is 51.2. The lowest BCUT2D eigenvalue weighted by atomic mass is 10.0. The quantitative estimate of drug-likeness (QED) is 0.123. The Hall–Kier alpha value is -4.82. The first-order valence-electron chi connectivity index (χ1n) is 22.3. The van der Waals surface area contributed by atoms with Gasteiger partial charge in [0, 0.05) is 26.2 Å². The van der Waals surface area contributed by atoms with Gasteiger partial charge in [0.15, 0.2) is 6.29 Å². The lowest BCUT2D eigenvalue weighted by Crippen LogP contribution is -2.54. The molecular weight excluding hydrogens is 863 g/mol. The Morgan fingerprint density at radius 2 is 1.54 bits per heavy atom. The molecule has 0 aliphatic carbocycles. The average molecular weight is 930 g/mol. The van der Waals surface area contributed by atoms with E-state index < -0.39 is 94.2 Å². The molecule has 2 aromatic rings. The first-order valence-corrected chi connectivity index (χ1v) is 23.7. The number of carbonyl (C=O) groups excluding carboxylic acids is 5. The van der Waals surface area contributed by atoms with Gasteiger partial charge in [-0.1, -0.05) is 56.3 Å². The van der Waals surface area contributed by atoms with Crippen molar-refractivity contribution in [1.29, 1.82) is 0 Å². The molecular formula is C46H67N5O13S. The summed E-state index contributed by atoms with van der Waals surface area (Å²) in [7, 11) is -4.18. The molecule has 0 radical (unpaired) electrons. The Bertz CT molecular complexity index is 2030. The van der Waals surface area contributed by atoms with E-state index in [2.05, 4.69) is 16.0 Å². The third kappa shape index (κ3) is 15.1. The Kier molecular flexibility index (Phi) is 17.4. The molecule has 19 heteroatoms. The lowest BCUT2D eigenvalue weighted by Gasteiger charge is -2.31. The number of ether oxygens (including phenoxy) is 5. The second-order valence-electron chi connectivity index (χ2n) is 19.2. The van der Waals surface area contributed by atoms with Gasteiger partial charge >= 0.3 is 18.2 Å². The van der Waals surface area contributed by atoms with Crippen LogP contribution in [-0.2, 0) is 61.1 Å². The van der Waals surface area contributed by atoms with Crippen LogP contribution < -0.4 is 16.0 Å². The summed E-state index contributed by atoms with van der Waals surface area (Å²) in [5.41, 5.74) is -0.320. The number of hydrogen-bond acceptors (Lipinski definition) is 13. The van der Waals surface area contributed by atoms with E-state index in [1.165, 1.54) is 21.3 Å². The zero-order valence-corrected chi connectivity index (χ0v) is 39.6. The SMILES string of the molecule is CC(C)CN(C[C@@H](O)[C@H](Cc1ccccc1)NC(=O)O[C@H]1CO[C@H]2OCC[C@H]21)S(=O)(=O)c1ccc(CNC(=O)[C@@H]2CCCN2C(=O)[C@H](CC(=O)OC(C)(C)C)NC(=O)OC(C)(C)C)cc1. The number of carbonyl (C=O) groups is 5. The van der Waals surface area contributed by atoms with Crippen molar-refractivity contribution in [1.82, 2.24) is 25.2 Å². The van der Waals surface area contributed by atoms with Crippen LogP contribution in [0.5, 0.6) is 0 Å². The molecule has 0 aromatic heterocycles. The minimum Gasteiger partial charge on any atom is -0.460 e. The van der Waals surface area contributed by atoms with Gasteiger partial charge in [0.1, 0.15) is 29.4 Å². The van der Waals surface area contributed by atoms with Gasteiger partial charge in [-0.15, -0.1) is 0 Å². The van der Waals surface area contributed by atoms with E-state index in [1.807, 2.05) is 44.2 Å². The van der Waals surface area contributed by atoms with Crippen LogP contribution in [0, 0.1) is 11.8 Å². The van der Waals surface area contributed by atoms with E-state index in [0.29, 0.717) is 31.4 Å². The molecule has 3 fully saturated rings. The molecule has 0 saturated carbocycles. The van der Waals surface area contributed by atoms with E-state index in [4.69, 9.17) is 23.7 Å². The highest BCUT2D eigenvalue weighted by Crippen LogP contribution is 2.33. The first-order chi connectivity index (χ1) is 30.5. The average Bonchev–Trinajstić information content (AvgIpc) is 3.98. The molecule has 3 aliphatic heterocycles. The predicted molar refractivity (Wildman–Crippen MR) is 237 cm³/mol. The molecule has 360 valence electrons. The van der Waals surface area contributed by atoms with Crippen molar-refractivity contribution in [3.63, 3.8) is 0 Å². The molecule has 18 nitrogen and oxygen atoms in total. The molecule has 0 bridgehead atoms. The minimum atomic E-state index is -4.18. The van der Waals surface area contributed by atoms with Crippen LogP contribution in [0.3, 0.4) is 0 Å². The number of aliphatic hydroxyl groups is 1. The van der Waals surface area contributed by atoms with Crippen molar-refractivity contribution in [2.75, 3.05) is 32.8 Å². The van der Waals surface area contributed by atoms with Gasteiger partial charge < -0.3 is 49.6 Å². The largest absolute Gasteiger partial charge is 0.460 e. The van der Waals surface area contributed by atoms with Crippen LogP contribution in [0.4, 0.5) is 9.59 Å². The number of hydrogen-bond donors (Lipinski definition) is 4. The summed E-state index contributed by atoms with van der Waals surface area (Å²) < 4.78 is 57.3. The number of fused-ring (bicyclic) bond motifs is 1. The summed E-state index contributed by atoms with van der Waals surface area (Å²) in [5.74, 6) is -2.02. The maximum Gasteiger partial charge on any atom is 0.408 e. The summed E-state index contributed by atoms with van der Waals surface area (Å²) in [4.78, 5) is 67.5. The van der Waals surface area contributed by atoms with E-state index in [-0.39, 0.29) is 55.9 Å². The summed E-state index contributed by atoms with van der Waals surface area (Å²) >= 11 is 0. The van der Waals surface area contributed by atoms with Crippen LogP contribution in [-0.4, -0.2) is 133 Å². The highest BCUT2D eigenvalue weighted by atomic mass is 32.2. The highest BCUT2D eigenvalue weighted by molar-refractivity contribution is 7.89. The summed E-state index contributed by atoms with van der Waals surface area (Å²) in [6, 6.07) is 12.0. The molecule has 3 heterocycles. The third-order valence-electron chi connectivity index (χ3n) is 10.9. The number of aliphatic hydroxyl groups excluding tert-OH is 1. The molecule has 65 heavy (non-hydrogen) atoms. The monoisotopic (exact) mass is 929 g/mol. The van der Waals surface area contributed by atoms with Gasteiger partial charge in [-0.3, -0.25) is 14.4 Å². The molecule has 3 aliphatic rings. The van der Waals surface area contributed by atoms with Crippen molar-refractivity contribution in [3.05, 3.63) is 65.7 Å². The van der Waals surface area contributed by atoms with Gasteiger partial charge in [-0.2, -0.15) is 4.31 Å². The molecule has 0 spiro atoms. The standard InChI is InChI=1S/C46H67N5O13S/c1-29(2)26-50(27-37(52)34(23-30-13-10-9-11-14-30)48-43(56)62-38-28-61-42-33(38)20-22-60-42)65(58,59)32-18-16-31(17-19-32)25-47-40(54)36-15-12-21-51(36)41(55)35(24-39(53)63-45(3,4)5)49-44(57)64-46(6,7)8/h9-11,13-14,16-19,29,33-38,42,52H,12,15,20-28H2,1-8H3,(H,47,54)(H,48,56)(H,49,57)/t33-,34-,35-,36-,37+,38-,42+/m0/s1. The number of likely N-dealkylation sites (tertiary alicyclic amines) is 1. The number of alkyl carbamates (subject to hydrolysis) is 2. The van der Waals surface area contributed by atoms with Crippen LogP contribution in [0.1, 0.15) is 92.2 Å². The number of rotatable bonds is 18. The Morgan fingerprint density at radius 3 is 2.18 bits per heavy atom. The molecule has 3 saturated heterocycles. The van der Waals surface area contributed by atoms with Crippen molar-refractivity contribution in [2.45, 2.75) is 147 Å². The van der Waals surface area contributed by atoms with Crippen molar-refractivity contribution in [3.8, 4) is 0 Å². The molecule has 7 atom stereocenters. The van der Waals surface area contributed by atoms with E-state index in [1.54, 1.807) is 53.7 Å². The maximum absolute atomic E-state index is 14.2. The number of nitrogens with one attached hydrogen (secondary N) is 3. The molecule has 2 aromatic carbocycles. The number of amides is 4. The van der Waals surface area contributed by atoms with E-state index in [0.717, 1.165) is 5.56 Å². The second-order valence-corrected chi connectivity index (χ2v) is 21.2. The fourth-order valence-electron chi connectivity index (χ4n) is 7.97. The van der Waals surface area contributed by atoms with Gasteiger partial charge in [0.25, 0.3) is 0 Å². The number of benzene rings is 2. The highest BCUT2D eigenvalue weighted by Gasteiger charge is 2.44. The minimum absolute atomic E-state index is 0.00789. The zero-order valence-electron chi connectivity index (χ0n) is 38.7. The Labute approximate surface area is 382 Å². The molecule has 0 unspecified atom stereocenters. The third-order valence-corrected chi connectivity index (χ3v) is 12.8. The number of esters is 1. The van der Waals surface area contributed by atoms with Gasteiger partial charge in [-0.05, 0) is 96.4 Å². The fraction of sp³-hybridized carbons (Fsp3) is 0.630. The summed E-state index contributed by atoms with van der Waals surface area (Å²) in [6.07, 6.45) is -2.67. The Balaban J connectivity index is 1.23. The summed E-state index contributed by atoms with van der Waals surface area (Å²) in [6.45, 7) is 14.4. The zero-order chi connectivity index (χ0) is 47.7. The maximum atomic E-state index is 14.2. The van der Waals surface area contributed by atoms with Crippen molar-refractivity contribution < 1.29 is 61.2 Å². The van der Waals surface area contributed by atoms with Crippen LogP contribution in [0.15, 0.2) is 59.5 Å². The van der Waals surface area contributed by atoms with Crippen molar-refractivity contribution in [2.24, 2.45) is 11.8 Å². The molecule has 4 amide bonds. The lowest BCUT2D eigenvalue weighted by molar-refractivity contribution is -0.157. The van der Waals surface area contributed by atoms with Crippen LogP contribution in [0.2, 0.25) is 0 Å². The van der Waals surface area contributed by atoms with Crippen molar-refractivity contribution >= 4 is 40.0 Å². The summed E-state index contributed by atoms with van der Waals surface area (Å²) in [5, 5.41) is 19.8. The predicted octanol–water partition coefficient (Wildman–Crippen LogP) is 4.03. The van der Waals surface area contributed by atoms with Crippen LogP contribution in [0.25, 0.3) is 0 Å². The van der Waals surface area contributed by atoms with E-state index >= 15 is 0 Å². The van der Waals surface area contributed by atoms with Crippen LogP contribution >= 0.6 is 0 Å². The van der Waals surface area contributed by atoms with Gasteiger partial charge in [-0.25, -0.2) is 18.0 Å². The number of nitrogens with zero attached hydrogens (tertiary/aromatic N) is 2. The Morgan fingerprint density at radius 1 is 0.862 bits per heavy atom. The smallest absolute Gasteiger partial charge is 0.408 e. The normalized spacial score (nSPS) is 21.3. The number of sulfonamides is 1. The van der Waals surface area contributed by atoms with E-state index in [9.17, 15) is 37.5 Å². The fourth-order valence-corrected chi connectivity index (χ4v) is 9.60. The topological polar surface area (TPSA) is 228 Å². The van der Waals surface area contributed by atoms with Gasteiger partial charge in [0.05, 0.1) is 42.6 Å². The van der Waals surface area contributed by atoms with Gasteiger partial charge in [0.2, 0.25) is 21.8 Å². The second kappa shape index (κ2) is 22.1. The molecule has 5 rings (SSSR count).